The van der Waals surface area contributed by atoms with E-state index in [9.17, 15) is 0 Å². The van der Waals surface area contributed by atoms with Gasteiger partial charge in [0.2, 0.25) is 0 Å². The highest BCUT2D eigenvalue weighted by molar-refractivity contribution is 7.80. The summed E-state index contributed by atoms with van der Waals surface area (Å²) in [5, 5.41) is 0.552. The molecule has 0 spiro atoms. The molecule has 2 atom stereocenters. The van der Waals surface area contributed by atoms with E-state index < -0.39 is 0 Å². The van der Waals surface area contributed by atoms with E-state index in [1.807, 2.05) is 0 Å². The Morgan fingerprint density at radius 3 is 1.62 bits per heavy atom. The van der Waals surface area contributed by atoms with Crippen LogP contribution < -0.4 is 0 Å². The molecule has 0 aromatic heterocycles. The van der Waals surface area contributed by atoms with Gasteiger partial charge in [-0.25, -0.2) is 0 Å². The Balaban J connectivity index is 3.48. The molecule has 0 aliphatic heterocycles. The molecule has 0 amide bonds. The zero-order valence-corrected chi connectivity index (χ0v) is 12.9. The monoisotopic (exact) mass is 244 g/mol. The van der Waals surface area contributed by atoms with Crippen LogP contribution in [0.2, 0.25) is 0 Å². The highest BCUT2D eigenvalue weighted by Gasteiger charge is 2.17. The Kier molecular flexibility index (Phi) is 9.59. The Labute approximate surface area is 109 Å². The molecular weight excluding hydrogens is 212 g/mol. The zero-order valence-electron chi connectivity index (χ0n) is 12.0. The van der Waals surface area contributed by atoms with Crippen molar-refractivity contribution in [3.05, 3.63) is 0 Å². The average Bonchev–Trinajstić information content (AvgIpc) is 2.14. The third-order valence-corrected chi connectivity index (χ3v) is 3.93. The molecule has 16 heavy (non-hydrogen) atoms. The molecule has 0 aliphatic rings. The highest BCUT2D eigenvalue weighted by Crippen LogP contribution is 2.25. The lowest BCUT2D eigenvalue weighted by atomic mass is 9.87. The van der Waals surface area contributed by atoms with E-state index in [2.05, 4.69) is 47.2 Å². The van der Waals surface area contributed by atoms with Crippen molar-refractivity contribution in [1.82, 2.24) is 0 Å². The van der Waals surface area contributed by atoms with Gasteiger partial charge in [0, 0.05) is 5.25 Å². The summed E-state index contributed by atoms with van der Waals surface area (Å²) in [4.78, 5) is 0. The van der Waals surface area contributed by atoms with Crippen LogP contribution in [-0.4, -0.2) is 5.25 Å². The van der Waals surface area contributed by atoms with Gasteiger partial charge in [0.25, 0.3) is 0 Å². The molecule has 0 aromatic carbocycles. The molecule has 0 nitrogen and oxygen atoms in total. The van der Waals surface area contributed by atoms with Crippen molar-refractivity contribution in [2.75, 3.05) is 0 Å². The van der Waals surface area contributed by atoms with Crippen molar-refractivity contribution < 1.29 is 0 Å². The number of hydrogen-bond acceptors (Lipinski definition) is 1. The maximum atomic E-state index is 4.60. The number of thiol groups is 1. The van der Waals surface area contributed by atoms with Gasteiger partial charge < -0.3 is 0 Å². The first-order valence-corrected chi connectivity index (χ1v) is 7.64. The molecule has 0 saturated carbocycles. The van der Waals surface area contributed by atoms with Crippen molar-refractivity contribution in [2.24, 2.45) is 17.8 Å². The van der Waals surface area contributed by atoms with Gasteiger partial charge in [0.15, 0.2) is 0 Å². The molecule has 0 bridgehead atoms. The average molecular weight is 244 g/mol. The van der Waals surface area contributed by atoms with Crippen LogP contribution in [0.4, 0.5) is 0 Å². The topological polar surface area (TPSA) is 0 Å². The van der Waals surface area contributed by atoms with E-state index >= 15 is 0 Å². The van der Waals surface area contributed by atoms with Crippen LogP contribution in [0.3, 0.4) is 0 Å². The van der Waals surface area contributed by atoms with Crippen molar-refractivity contribution in [3.63, 3.8) is 0 Å². The van der Waals surface area contributed by atoms with Gasteiger partial charge in [-0.15, -0.1) is 0 Å². The Morgan fingerprint density at radius 1 is 0.750 bits per heavy atom. The number of unbranched alkanes of at least 4 members (excludes halogenated alkanes) is 3. The van der Waals surface area contributed by atoms with Crippen LogP contribution in [0.1, 0.15) is 73.1 Å². The van der Waals surface area contributed by atoms with E-state index in [4.69, 9.17) is 0 Å². The number of rotatable bonds is 9. The standard InChI is InChI=1S/C15H32S/c1-12(2)10-8-6-7-9-11-15(13(3)4)14(5)16/h12-16H,6-11H2,1-5H3. The summed E-state index contributed by atoms with van der Waals surface area (Å²) in [6.45, 7) is 11.5. The van der Waals surface area contributed by atoms with E-state index in [0.29, 0.717) is 5.25 Å². The predicted octanol–water partition coefficient (Wildman–Crippen LogP) is 5.57. The minimum atomic E-state index is 0.552. The van der Waals surface area contributed by atoms with Gasteiger partial charge in [0.05, 0.1) is 0 Å². The van der Waals surface area contributed by atoms with Gasteiger partial charge in [-0.1, -0.05) is 66.7 Å². The quantitative estimate of drug-likeness (QED) is 0.397. The number of hydrogen-bond donors (Lipinski definition) is 1. The molecule has 0 rings (SSSR count). The minimum Gasteiger partial charge on any atom is -0.176 e. The van der Waals surface area contributed by atoms with Gasteiger partial charge in [-0.3, -0.25) is 0 Å². The van der Waals surface area contributed by atoms with Crippen LogP contribution in [0.25, 0.3) is 0 Å². The summed E-state index contributed by atoms with van der Waals surface area (Å²) >= 11 is 4.60. The first-order valence-electron chi connectivity index (χ1n) is 7.13. The first kappa shape index (κ1) is 16.4. The zero-order chi connectivity index (χ0) is 12.6. The summed E-state index contributed by atoms with van der Waals surface area (Å²) in [5.41, 5.74) is 0. The molecule has 0 aromatic rings. The van der Waals surface area contributed by atoms with Gasteiger partial charge in [-0.05, 0) is 24.2 Å². The lowest BCUT2D eigenvalue weighted by molar-refractivity contribution is 0.343. The van der Waals surface area contributed by atoms with Crippen LogP contribution in [0, 0.1) is 17.8 Å². The maximum Gasteiger partial charge on any atom is 0.00191 e. The Morgan fingerprint density at radius 2 is 1.25 bits per heavy atom. The molecule has 1 heteroatoms. The molecule has 2 unspecified atom stereocenters. The van der Waals surface area contributed by atoms with Gasteiger partial charge >= 0.3 is 0 Å². The fourth-order valence-electron chi connectivity index (χ4n) is 2.42. The Bertz CT molecular complexity index is 142. The van der Waals surface area contributed by atoms with E-state index in [-0.39, 0.29) is 0 Å². The molecular formula is C15H32S. The van der Waals surface area contributed by atoms with Crippen molar-refractivity contribution >= 4 is 12.6 Å². The summed E-state index contributed by atoms with van der Waals surface area (Å²) in [6.07, 6.45) is 8.41. The summed E-state index contributed by atoms with van der Waals surface area (Å²) in [5.74, 6) is 2.46. The van der Waals surface area contributed by atoms with Crippen molar-refractivity contribution in [3.8, 4) is 0 Å². The van der Waals surface area contributed by atoms with E-state index in [1.165, 1.54) is 38.5 Å². The molecule has 0 aliphatic carbocycles. The van der Waals surface area contributed by atoms with Crippen LogP contribution in [-0.2, 0) is 0 Å². The van der Waals surface area contributed by atoms with Crippen molar-refractivity contribution in [2.45, 2.75) is 78.4 Å². The van der Waals surface area contributed by atoms with Crippen LogP contribution in [0.15, 0.2) is 0 Å². The van der Waals surface area contributed by atoms with E-state index in [1.54, 1.807) is 0 Å². The van der Waals surface area contributed by atoms with Crippen LogP contribution >= 0.6 is 12.6 Å². The lowest BCUT2D eigenvalue weighted by Crippen LogP contribution is -2.17. The first-order chi connectivity index (χ1) is 7.45. The molecule has 98 valence electrons. The molecule has 0 radical (unpaired) electrons. The van der Waals surface area contributed by atoms with Gasteiger partial charge in [0.1, 0.15) is 0 Å². The largest absolute Gasteiger partial charge is 0.176 e. The summed E-state index contributed by atoms with van der Waals surface area (Å²) in [7, 11) is 0. The summed E-state index contributed by atoms with van der Waals surface area (Å²) in [6, 6.07) is 0. The molecule has 0 saturated heterocycles. The molecule has 0 heterocycles. The Hall–Kier alpha value is 0.350. The van der Waals surface area contributed by atoms with Crippen LogP contribution in [0.5, 0.6) is 0 Å². The highest BCUT2D eigenvalue weighted by atomic mass is 32.1. The lowest BCUT2D eigenvalue weighted by Gasteiger charge is -2.24. The van der Waals surface area contributed by atoms with E-state index in [0.717, 1.165) is 17.8 Å². The smallest absolute Gasteiger partial charge is 0.00191 e. The summed E-state index contributed by atoms with van der Waals surface area (Å²) < 4.78 is 0. The normalized spacial score (nSPS) is 15.8. The second kappa shape index (κ2) is 9.39. The minimum absolute atomic E-state index is 0.552. The fourth-order valence-corrected chi connectivity index (χ4v) is 2.91. The van der Waals surface area contributed by atoms with Crippen molar-refractivity contribution in [1.29, 1.82) is 0 Å². The predicted molar refractivity (Wildman–Crippen MR) is 79.3 cm³/mol. The SMILES string of the molecule is CC(C)CCCCCCC(C(C)C)C(C)S. The molecule has 0 N–H and O–H groups in total. The fraction of sp³-hybridized carbons (Fsp3) is 1.00. The third-order valence-electron chi connectivity index (χ3n) is 3.54. The molecule has 0 fully saturated rings. The maximum absolute atomic E-state index is 4.60. The van der Waals surface area contributed by atoms with Gasteiger partial charge in [-0.2, -0.15) is 12.6 Å². The second-order valence-corrected chi connectivity index (χ2v) is 6.85. The third kappa shape index (κ3) is 8.50. The second-order valence-electron chi connectivity index (χ2n) is 6.03.